The lowest BCUT2D eigenvalue weighted by molar-refractivity contribution is 0.154. The predicted molar refractivity (Wildman–Crippen MR) is 70.0 cm³/mol. The molecule has 1 rings (SSSR count). The van der Waals surface area contributed by atoms with E-state index in [4.69, 9.17) is 4.74 Å². The van der Waals surface area contributed by atoms with Crippen molar-refractivity contribution >= 4 is 10.0 Å². The fourth-order valence-corrected chi connectivity index (χ4v) is 2.34. The maximum absolute atomic E-state index is 11.6. The zero-order valence-corrected chi connectivity index (χ0v) is 11.6. The molecular formula is C12H19NO4S. The molecule has 0 heterocycles. The molecule has 0 aliphatic heterocycles. The van der Waals surface area contributed by atoms with Gasteiger partial charge in [-0.25, -0.2) is 12.7 Å². The molecule has 0 saturated heterocycles. The van der Waals surface area contributed by atoms with Crippen LogP contribution >= 0.6 is 0 Å². The van der Waals surface area contributed by atoms with E-state index >= 15 is 0 Å². The quantitative estimate of drug-likeness (QED) is 0.840. The molecule has 0 spiro atoms. The lowest BCUT2D eigenvalue weighted by atomic mass is 10.1. The maximum atomic E-state index is 11.6. The number of likely N-dealkylation sites (N-methyl/N-ethyl adjacent to an activating group) is 1. The average Bonchev–Trinajstić information content (AvgIpc) is 2.38. The predicted octanol–water partition coefficient (Wildman–Crippen LogP) is 1.01. The van der Waals surface area contributed by atoms with Gasteiger partial charge in [-0.1, -0.05) is 12.1 Å². The fourth-order valence-electron chi connectivity index (χ4n) is 1.53. The van der Waals surface area contributed by atoms with Gasteiger partial charge in [0.25, 0.3) is 0 Å². The number of methoxy groups -OCH3 is 1. The van der Waals surface area contributed by atoms with Gasteiger partial charge in [-0.3, -0.25) is 0 Å². The smallest absolute Gasteiger partial charge is 0.213 e. The Labute approximate surface area is 108 Å². The van der Waals surface area contributed by atoms with Gasteiger partial charge in [-0.05, 0) is 24.6 Å². The van der Waals surface area contributed by atoms with E-state index in [1.807, 2.05) is 0 Å². The van der Waals surface area contributed by atoms with E-state index in [2.05, 4.69) is 0 Å². The molecule has 0 saturated carbocycles. The highest BCUT2D eigenvalue weighted by atomic mass is 32.2. The summed E-state index contributed by atoms with van der Waals surface area (Å²) >= 11 is 0. The number of nitrogens with zero attached hydrogens (tertiary/aromatic N) is 1. The monoisotopic (exact) mass is 273 g/mol. The Kier molecular flexibility index (Phi) is 5.13. The van der Waals surface area contributed by atoms with Crippen LogP contribution in [0.25, 0.3) is 0 Å². The van der Waals surface area contributed by atoms with Gasteiger partial charge in [-0.2, -0.15) is 0 Å². The van der Waals surface area contributed by atoms with Gasteiger partial charge in [0.05, 0.1) is 19.0 Å². The van der Waals surface area contributed by atoms with Crippen LogP contribution in [0.4, 0.5) is 0 Å². The Hall–Kier alpha value is -1.11. The Morgan fingerprint density at radius 2 is 2.11 bits per heavy atom. The number of aliphatic hydroxyl groups is 1. The molecule has 1 unspecified atom stereocenters. The topological polar surface area (TPSA) is 66.8 Å². The van der Waals surface area contributed by atoms with Gasteiger partial charge >= 0.3 is 0 Å². The summed E-state index contributed by atoms with van der Waals surface area (Å²) in [4.78, 5) is 0. The fraction of sp³-hybridized carbons (Fsp3) is 0.500. The third kappa shape index (κ3) is 3.69. The van der Waals surface area contributed by atoms with E-state index in [-0.39, 0.29) is 12.3 Å². The van der Waals surface area contributed by atoms with Gasteiger partial charge < -0.3 is 9.84 Å². The van der Waals surface area contributed by atoms with Crippen molar-refractivity contribution in [1.29, 1.82) is 0 Å². The summed E-state index contributed by atoms with van der Waals surface area (Å²) in [5.74, 6) is 0.654. The lowest BCUT2D eigenvalue weighted by Crippen LogP contribution is -2.32. The first-order chi connectivity index (χ1) is 8.40. The Bertz CT molecular complexity index is 487. The van der Waals surface area contributed by atoms with Crippen LogP contribution in [-0.2, 0) is 10.0 Å². The molecule has 0 amide bonds. The molecular weight excluding hydrogens is 254 g/mol. The van der Waals surface area contributed by atoms with Gasteiger partial charge in [-0.15, -0.1) is 0 Å². The number of sulfonamides is 1. The summed E-state index contributed by atoms with van der Waals surface area (Å²) in [6.45, 7) is 1.60. The minimum absolute atomic E-state index is 0.0222. The van der Waals surface area contributed by atoms with Crippen molar-refractivity contribution in [3.05, 3.63) is 29.8 Å². The molecule has 0 radical (unpaired) electrons. The largest absolute Gasteiger partial charge is 0.497 e. The van der Waals surface area contributed by atoms with Crippen molar-refractivity contribution in [1.82, 2.24) is 4.31 Å². The molecule has 1 aromatic carbocycles. The molecule has 0 fully saturated rings. The minimum Gasteiger partial charge on any atom is -0.497 e. The van der Waals surface area contributed by atoms with Crippen LogP contribution in [0.5, 0.6) is 5.75 Å². The highest BCUT2D eigenvalue weighted by Gasteiger charge is 2.19. The third-order valence-electron chi connectivity index (χ3n) is 2.75. The molecule has 1 atom stereocenters. The van der Waals surface area contributed by atoms with Crippen molar-refractivity contribution in [2.24, 2.45) is 0 Å². The molecule has 1 aromatic rings. The van der Waals surface area contributed by atoms with Crippen LogP contribution in [-0.4, -0.2) is 44.3 Å². The molecule has 5 nitrogen and oxygen atoms in total. The summed E-state index contributed by atoms with van der Waals surface area (Å²) in [6, 6.07) is 6.95. The zero-order valence-electron chi connectivity index (χ0n) is 10.8. The van der Waals surface area contributed by atoms with Crippen molar-refractivity contribution in [3.8, 4) is 5.75 Å². The Morgan fingerprint density at radius 3 is 2.67 bits per heavy atom. The molecule has 0 bridgehead atoms. The molecule has 18 heavy (non-hydrogen) atoms. The van der Waals surface area contributed by atoms with E-state index in [0.717, 1.165) is 4.31 Å². The van der Waals surface area contributed by atoms with Crippen LogP contribution in [0.15, 0.2) is 24.3 Å². The van der Waals surface area contributed by atoms with Gasteiger partial charge in [0.2, 0.25) is 10.0 Å². The second-order valence-corrected chi connectivity index (χ2v) is 6.34. The van der Waals surface area contributed by atoms with E-state index in [0.29, 0.717) is 11.3 Å². The van der Waals surface area contributed by atoms with Crippen LogP contribution in [0.3, 0.4) is 0 Å². The number of ether oxygens (including phenoxy) is 1. The number of hydrogen-bond acceptors (Lipinski definition) is 4. The number of hydrogen-bond donors (Lipinski definition) is 1. The van der Waals surface area contributed by atoms with Crippen molar-refractivity contribution in [3.63, 3.8) is 0 Å². The SMILES string of the molecule is CCS(=O)(=O)N(C)CC(O)c1cccc(OC)c1. The van der Waals surface area contributed by atoms with E-state index in [1.54, 1.807) is 38.3 Å². The summed E-state index contributed by atoms with van der Waals surface area (Å²) < 4.78 is 29.4. The number of benzene rings is 1. The lowest BCUT2D eigenvalue weighted by Gasteiger charge is -2.20. The third-order valence-corrected chi connectivity index (χ3v) is 4.58. The van der Waals surface area contributed by atoms with Crippen LogP contribution < -0.4 is 4.74 Å². The highest BCUT2D eigenvalue weighted by Crippen LogP contribution is 2.20. The molecule has 0 aliphatic carbocycles. The molecule has 0 aliphatic rings. The molecule has 102 valence electrons. The van der Waals surface area contributed by atoms with Gasteiger partial charge in [0.1, 0.15) is 5.75 Å². The second kappa shape index (κ2) is 6.17. The summed E-state index contributed by atoms with van der Waals surface area (Å²) in [6.07, 6.45) is -0.869. The summed E-state index contributed by atoms with van der Waals surface area (Å²) in [7, 11) is -0.273. The van der Waals surface area contributed by atoms with Gasteiger partial charge in [0.15, 0.2) is 0 Å². The zero-order chi connectivity index (χ0) is 13.8. The van der Waals surface area contributed by atoms with Crippen molar-refractivity contribution < 1.29 is 18.3 Å². The molecule has 1 N–H and O–H groups in total. The van der Waals surface area contributed by atoms with Crippen LogP contribution in [0.1, 0.15) is 18.6 Å². The van der Waals surface area contributed by atoms with Crippen molar-refractivity contribution in [2.45, 2.75) is 13.0 Å². The second-order valence-electron chi connectivity index (χ2n) is 3.97. The first-order valence-electron chi connectivity index (χ1n) is 5.66. The Balaban J connectivity index is 2.79. The van der Waals surface area contributed by atoms with E-state index in [1.165, 1.54) is 7.05 Å². The average molecular weight is 273 g/mol. The summed E-state index contributed by atoms with van der Waals surface area (Å²) in [5, 5.41) is 10.0. The Morgan fingerprint density at radius 1 is 1.44 bits per heavy atom. The first kappa shape index (κ1) is 14.9. The van der Waals surface area contributed by atoms with Crippen molar-refractivity contribution in [2.75, 3.05) is 26.5 Å². The van der Waals surface area contributed by atoms with Gasteiger partial charge in [0, 0.05) is 13.6 Å². The highest BCUT2D eigenvalue weighted by molar-refractivity contribution is 7.89. The molecule has 6 heteroatoms. The standard InChI is InChI=1S/C12H19NO4S/c1-4-18(15,16)13(2)9-12(14)10-6-5-7-11(8-10)17-3/h5-8,12,14H,4,9H2,1-3H3. The summed E-state index contributed by atoms with van der Waals surface area (Å²) in [5.41, 5.74) is 0.632. The van der Waals surface area contributed by atoms with Crippen LogP contribution in [0, 0.1) is 0 Å². The minimum atomic E-state index is -3.27. The number of rotatable bonds is 6. The van der Waals surface area contributed by atoms with Crippen LogP contribution in [0.2, 0.25) is 0 Å². The first-order valence-corrected chi connectivity index (χ1v) is 7.27. The van der Waals surface area contributed by atoms with E-state index in [9.17, 15) is 13.5 Å². The molecule has 0 aromatic heterocycles. The van der Waals surface area contributed by atoms with E-state index < -0.39 is 16.1 Å². The number of aliphatic hydroxyl groups excluding tert-OH is 1. The maximum Gasteiger partial charge on any atom is 0.213 e. The normalized spacial score (nSPS) is 13.6.